The van der Waals surface area contributed by atoms with E-state index in [0.717, 1.165) is 10.4 Å². The van der Waals surface area contributed by atoms with Crippen molar-refractivity contribution in [2.24, 2.45) is 10.8 Å². The van der Waals surface area contributed by atoms with E-state index in [2.05, 4.69) is 35.3 Å². The summed E-state index contributed by atoms with van der Waals surface area (Å²) in [6.45, 7) is 3.62. The first-order chi connectivity index (χ1) is 11.5. The Morgan fingerprint density at radius 3 is 2.67 bits per heavy atom. The van der Waals surface area contributed by atoms with Gasteiger partial charge in [0.15, 0.2) is 12.5 Å². The van der Waals surface area contributed by atoms with Crippen LogP contribution in [0.3, 0.4) is 0 Å². The molecule has 24 heavy (non-hydrogen) atoms. The Morgan fingerprint density at radius 2 is 2.04 bits per heavy atom. The second-order valence-corrected chi connectivity index (χ2v) is 5.14. The van der Waals surface area contributed by atoms with Crippen LogP contribution in [0.25, 0.3) is 0 Å². The summed E-state index contributed by atoms with van der Waals surface area (Å²) in [6, 6.07) is 9.53. The summed E-state index contributed by atoms with van der Waals surface area (Å²) in [5.74, 6) is -0.112. The van der Waals surface area contributed by atoms with Gasteiger partial charge in [0.2, 0.25) is 12.0 Å². The van der Waals surface area contributed by atoms with E-state index in [9.17, 15) is 4.79 Å². The van der Waals surface area contributed by atoms with Crippen LogP contribution in [-0.4, -0.2) is 29.5 Å². The van der Waals surface area contributed by atoms with Crippen molar-refractivity contribution >= 4 is 36.0 Å². The maximum atomic E-state index is 12.3. The predicted octanol–water partition coefficient (Wildman–Crippen LogP) is 0.974. The van der Waals surface area contributed by atoms with Crippen LogP contribution in [-0.2, 0) is 22.2 Å². The quantitative estimate of drug-likeness (QED) is 0.178. The van der Waals surface area contributed by atoms with Crippen LogP contribution in [0.4, 0.5) is 5.69 Å². The van der Waals surface area contributed by atoms with Crippen LogP contribution >= 0.6 is 0 Å². The van der Waals surface area contributed by atoms with Crippen LogP contribution in [0, 0.1) is 0 Å². The van der Waals surface area contributed by atoms with Gasteiger partial charge in [-0.05, 0) is 23.3 Å². The molecular formula is C16H17N5O2S. The molecule has 0 radical (unpaired) electrons. The van der Waals surface area contributed by atoms with Crippen molar-refractivity contribution in [3.05, 3.63) is 65.7 Å². The molecule has 0 aliphatic heterocycles. The fraction of sp³-hybridized carbons (Fsp3) is 0.0625. The highest BCUT2D eigenvalue weighted by Gasteiger charge is 2.22. The number of methoxy groups -OCH3 is 1. The summed E-state index contributed by atoms with van der Waals surface area (Å²) < 4.78 is 6.25. The lowest BCUT2D eigenvalue weighted by molar-refractivity contribution is -0.452. The molecule has 0 saturated heterocycles. The molecule has 0 atom stereocenters. The Morgan fingerprint density at radius 1 is 1.33 bits per heavy atom. The van der Waals surface area contributed by atoms with Gasteiger partial charge < -0.3 is 34.0 Å². The van der Waals surface area contributed by atoms with Gasteiger partial charge in [-0.25, -0.2) is 0 Å². The Kier molecular flexibility index (Phi) is 5.69. The van der Waals surface area contributed by atoms with Gasteiger partial charge in [0.05, 0.1) is 24.1 Å². The number of ketones is 1. The van der Waals surface area contributed by atoms with Crippen molar-refractivity contribution < 1.29 is 14.2 Å². The van der Waals surface area contributed by atoms with Crippen molar-refractivity contribution in [3.63, 3.8) is 0 Å². The Bertz CT molecular complexity index is 762. The van der Waals surface area contributed by atoms with E-state index in [4.69, 9.17) is 10.5 Å². The van der Waals surface area contributed by atoms with Gasteiger partial charge in [-0.3, -0.25) is 4.79 Å². The highest BCUT2D eigenvalue weighted by atomic mass is 32.1. The fourth-order valence-corrected chi connectivity index (χ4v) is 2.03. The number of nitrogens with zero attached hydrogens (tertiary/aromatic N) is 2. The molecule has 2 rings (SSSR count). The molecule has 0 spiro atoms. The Balaban J connectivity index is 2.22. The first-order valence-electron chi connectivity index (χ1n) is 6.91. The molecule has 8 heteroatoms. The second kappa shape index (κ2) is 7.93. The van der Waals surface area contributed by atoms with Crippen LogP contribution in [0.1, 0.15) is 0 Å². The maximum Gasteiger partial charge on any atom is 0.233 e. The molecule has 0 aromatic heterocycles. The SMILES string of the molecule is C=[N+](C=C1C=C(NNc2ccccc2)C=C(OC)C1=O)N=C(N)[S-]. The summed E-state index contributed by atoms with van der Waals surface area (Å²) in [5.41, 5.74) is 13.2. The topological polar surface area (TPSA) is 91.7 Å². The van der Waals surface area contributed by atoms with Gasteiger partial charge >= 0.3 is 0 Å². The molecular weight excluding hydrogens is 326 g/mol. The molecule has 0 unspecified atom stereocenters. The number of benzene rings is 1. The highest BCUT2D eigenvalue weighted by Crippen LogP contribution is 2.18. The molecule has 0 bridgehead atoms. The third-order valence-electron chi connectivity index (χ3n) is 2.94. The highest BCUT2D eigenvalue weighted by molar-refractivity contribution is 7.77. The lowest BCUT2D eigenvalue weighted by Crippen LogP contribution is -2.24. The van der Waals surface area contributed by atoms with Gasteiger partial charge in [0, 0.05) is 11.2 Å². The molecule has 0 amide bonds. The van der Waals surface area contributed by atoms with Crippen LogP contribution in [0.5, 0.6) is 0 Å². The maximum absolute atomic E-state index is 12.3. The zero-order valence-corrected chi connectivity index (χ0v) is 13.8. The van der Waals surface area contributed by atoms with E-state index in [-0.39, 0.29) is 16.7 Å². The molecule has 1 aliphatic rings. The third kappa shape index (κ3) is 4.68. The van der Waals surface area contributed by atoms with E-state index in [1.54, 1.807) is 12.2 Å². The number of carbonyl (C=O) groups is 1. The van der Waals surface area contributed by atoms with Gasteiger partial charge in [0.1, 0.15) is 0 Å². The first kappa shape index (κ1) is 17.2. The smallest absolute Gasteiger partial charge is 0.233 e. The minimum atomic E-state index is -0.297. The molecule has 1 aromatic rings. The number of allylic oxidation sites excluding steroid dienone is 3. The van der Waals surface area contributed by atoms with Crippen molar-refractivity contribution in [2.75, 3.05) is 12.5 Å². The number of rotatable bonds is 6. The van der Waals surface area contributed by atoms with Crippen molar-refractivity contribution in [1.82, 2.24) is 5.43 Å². The Hall–Kier alpha value is -3.13. The zero-order valence-electron chi connectivity index (χ0n) is 13.0. The van der Waals surface area contributed by atoms with Crippen LogP contribution in [0.2, 0.25) is 0 Å². The molecule has 0 heterocycles. The number of para-hydroxylation sites is 1. The number of hydrazine groups is 1. The monoisotopic (exact) mass is 343 g/mol. The summed E-state index contributed by atoms with van der Waals surface area (Å²) in [6.07, 6.45) is 4.64. The second-order valence-electron chi connectivity index (χ2n) is 4.72. The number of nitrogens with one attached hydrogen (secondary N) is 2. The van der Waals surface area contributed by atoms with E-state index in [1.165, 1.54) is 13.3 Å². The number of ether oxygens (including phenoxy) is 1. The average Bonchev–Trinajstić information content (AvgIpc) is 2.55. The lowest BCUT2D eigenvalue weighted by atomic mass is 10.0. The van der Waals surface area contributed by atoms with Crippen molar-refractivity contribution in [3.8, 4) is 0 Å². The number of anilines is 1. The molecule has 4 N–H and O–H groups in total. The fourth-order valence-electron chi connectivity index (χ4n) is 1.93. The number of hydrazone groups is 1. The standard InChI is InChI=1S/C16H17N5O2S/c1-21(20-16(17)24)10-11-8-13(9-14(23-2)15(11)22)19-18-12-6-4-3-5-7-12/h3-10,18-19H,1H2,2H3,(H2-,17,20,24). The summed E-state index contributed by atoms with van der Waals surface area (Å²) in [5, 5.41) is 3.67. The summed E-state index contributed by atoms with van der Waals surface area (Å²) in [7, 11) is 1.43. The molecule has 124 valence electrons. The zero-order chi connectivity index (χ0) is 17.5. The number of hydrogen-bond donors (Lipinski definition) is 3. The van der Waals surface area contributed by atoms with Gasteiger partial charge in [-0.2, -0.15) is 0 Å². The number of nitrogens with two attached hydrogens (primary N) is 1. The minimum Gasteiger partial charge on any atom is -0.737 e. The van der Waals surface area contributed by atoms with Crippen LogP contribution < -0.4 is 16.6 Å². The third-order valence-corrected chi connectivity index (χ3v) is 3.03. The lowest BCUT2D eigenvalue weighted by Gasteiger charge is -2.16. The molecule has 1 aliphatic carbocycles. The average molecular weight is 343 g/mol. The normalized spacial score (nSPS) is 16.3. The first-order valence-corrected chi connectivity index (χ1v) is 7.32. The number of carbonyl (C=O) groups excluding carboxylic acids is 1. The van der Waals surface area contributed by atoms with Crippen molar-refractivity contribution in [1.29, 1.82) is 0 Å². The summed E-state index contributed by atoms with van der Waals surface area (Å²) in [4.78, 5) is 12.3. The molecule has 7 nitrogen and oxygen atoms in total. The van der Waals surface area contributed by atoms with E-state index in [1.807, 2.05) is 30.3 Å². The Labute approximate surface area is 145 Å². The number of amidine groups is 1. The predicted molar refractivity (Wildman–Crippen MR) is 95.8 cm³/mol. The van der Waals surface area contributed by atoms with E-state index >= 15 is 0 Å². The molecule has 1 aromatic carbocycles. The molecule has 0 fully saturated rings. The number of hydrogen-bond acceptors (Lipinski definition) is 6. The van der Waals surface area contributed by atoms with Gasteiger partial charge in [-0.1, -0.05) is 22.9 Å². The number of Topliss-reactive ketones (excluding diaryl/α,β-unsaturated/α-hetero) is 1. The largest absolute Gasteiger partial charge is 0.737 e. The minimum absolute atomic E-state index is 0.0827. The molecule has 0 saturated carbocycles. The van der Waals surface area contributed by atoms with Gasteiger partial charge in [0.25, 0.3) is 0 Å². The van der Waals surface area contributed by atoms with E-state index < -0.39 is 0 Å². The van der Waals surface area contributed by atoms with Crippen LogP contribution in [0.15, 0.2) is 70.8 Å². The van der Waals surface area contributed by atoms with Crippen molar-refractivity contribution in [2.45, 2.75) is 0 Å². The summed E-state index contributed by atoms with van der Waals surface area (Å²) >= 11 is 4.68. The van der Waals surface area contributed by atoms with E-state index in [0.29, 0.717) is 11.3 Å². The van der Waals surface area contributed by atoms with Gasteiger partial charge in [-0.15, -0.1) is 0 Å².